The van der Waals surface area contributed by atoms with Crippen LogP contribution in [0.15, 0.2) is 0 Å². The minimum Gasteiger partial charge on any atom is -0.481 e. The number of alkyl carbamates (subject to hydrolysis) is 1. The summed E-state index contributed by atoms with van der Waals surface area (Å²) in [6, 6.07) is -0.166. The van der Waals surface area contributed by atoms with E-state index in [0.717, 1.165) is 6.42 Å². The fourth-order valence-electron chi connectivity index (χ4n) is 1.52. The Morgan fingerprint density at radius 1 is 1.33 bits per heavy atom. The van der Waals surface area contributed by atoms with Crippen LogP contribution in [0.5, 0.6) is 0 Å². The summed E-state index contributed by atoms with van der Waals surface area (Å²) in [5.41, 5.74) is -0.545. The Morgan fingerprint density at radius 3 is 2.28 bits per heavy atom. The van der Waals surface area contributed by atoms with Crippen LogP contribution in [0.25, 0.3) is 0 Å². The van der Waals surface area contributed by atoms with Gasteiger partial charge in [-0.05, 0) is 33.1 Å². The van der Waals surface area contributed by atoms with Gasteiger partial charge in [-0.2, -0.15) is 0 Å². The number of hydrogen-bond donors (Lipinski definition) is 2. The van der Waals surface area contributed by atoms with Gasteiger partial charge in [0, 0.05) is 12.5 Å². The van der Waals surface area contributed by atoms with Crippen molar-refractivity contribution < 1.29 is 19.4 Å². The lowest BCUT2D eigenvalue weighted by molar-refractivity contribution is -0.137. The van der Waals surface area contributed by atoms with E-state index in [9.17, 15) is 9.59 Å². The van der Waals surface area contributed by atoms with E-state index in [-0.39, 0.29) is 18.4 Å². The summed E-state index contributed by atoms with van der Waals surface area (Å²) in [5.74, 6) is -0.633. The van der Waals surface area contributed by atoms with Gasteiger partial charge < -0.3 is 15.2 Å². The first kappa shape index (κ1) is 16.7. The maximum absolute atomic E-state index is 11.7. The predicted octanol–water partition coefficient (Wildman–Crippen LogP) is 2.79. The van der Waals surface area contributed by atoms with Gasteiger partial charge in [0.2, 0.25) is 0 Å². The van der Waals surface area contributed by atoms with Crippen LogP contribution in [0, 0.1) is 5.92 Å². The zero-order valence-corrected chi connectivity index (χ0v) is 11.9. The average molecular weight is 259 g/mol. The average Bonchev–Trinajstić information content (AvgIpc) is 2.20. The normalized spacial score (nSPS) is 14.7. The Kier molecular flexibility index (Phi) is 6.73. The van der Waals surface area contributed by atoms with E-state index in [1.54, 1.807) is 20.8 Å². The second-order valence-corrected chi connectivity index (χ2v) is 5.57. The van der Waals surface area contributed by atoms with Crippen molar-refractivity contribution in [3.8, 4) is 0 Å². The van der Waals surface area contributed by atoms with Crippen molar-refractivity contribution in [2.24, 2.45) is 5.92 Å². The van der Waals surface area contributed by atoms with Gasteiger partial charge in [-0.25, -0.2) is 4.79 Å². The van der Waals surface area contributed by atoms with E-state index in [4.69, 9.17) is 9.84 Å². The third kappa shape index (κ3) is 7.92. The molecular formula is C13H25NO4. The third-order valence-electron chi connectivity index (χ3n) is 2.70. The number of carbonyl (C=O) groups excluding carboxylic acids is 1. The highest BCUT2D eigenvalue weighted by Gasteiger charge is 2.22. The summed E-state index contributed by atoms with van der Waals surface area (Å²) in [5, 5.41) is 11.4. The number of aliphatic carboxylic acids is 1. The molecule has 5 heteroatoms. The number of rotatable bonds is 6. The smallest absolute Gasteiger partial charge is 0.407 e. The second-order valence-electron chi connectivity index (χ2n) is 5.57. The largest absolute Gasteiger partial charge is 0.481 e. The second kappa shape index (κ2) is 7.24. The van der Waals surface area contributed by atoms with E-state index in [1.807, 2.05) is 13.8 Å². The lowest BCUT2D eigenvalue weighted by atomic mass is 9.95. The van der Waals surface area contributed by atoms with Crippen LogP contribution in [0.3, 0.4) is 0 Å². The van der Waals surface area contributed by atoms with Gasteiger partial charge in [0.1, 0.15) is 5.60 Å². The highest BCUT2D eigenvalue weighted by Crippen LogP contribution is 2.14. The number of carboxylic acid groups (broad SMARTS) is 1. The van der Waals surface area contributed by atoms with Crippen LogP contribution >= 0.6 is 0 Å². The van der Waals surface area contributed by atoms with Crippen LogP contribution in [-0.2, 0) is 9.53 Å². The maximum Gasteiger partial charge on any atom is 0.407 e. The van der Waals surface area contributed by atoms with E-state index in [0.29, 0.717) is 6.42 Å². The molecule has 18 heavy (non-hydrogen) atoms. The van der Waals surface area contributed by atoms with E-state index in [1.165, 1.54) is 0 Å². The topological polar surface area (TPSA) is 75.6 Å². The van der Waals surface area contributed by atoms with Crippen LogP contribution < -0.4 is 5.32 Å². The molecule has 0 aliphatic heterocycles. The zero-order valence-electron chi connectivity index (χ0n) is 11.9. The Balaban J connectivity index is 4.40. The lowest BCUT2D eigenvalue weighted by Gasteiger charge is -2.26. The Hall–Kier alpha value is -1.26. The quantitative estimate of drug-likeness (QED) is 0.769. The van der Waals surface area contributed by atoms with Crippen molar-refractivity contribution in [2.45, 2.75) is 65.5 Å². The van der Waals surface area contributed by atoms with Crippen LogP contribution in [0.2, 0.25) is 0 Å². The first-order chi connectivity index (χ1) is 8.15. The minimum absolute atomic E-state index is 0.0464. The van der Waals surface area contributed by atoms with E-state index >= 15 is 0 Å². The van der Waals surface area contributed by atoms with Crippen molar-refractivity contribution in [2.75, 3.05) is 0 Å². The molecule has 0 heterocycles. The Bertz CT molecular complexity index is 283. The molecule has 0 aromatic heterocycles. The van der Waals surface area contributed by atoms with Crippen LogP contribution in [0.1, 0.15) is 53.9 Å². The highest BCUT2D eigenvalue weighted by molar-refractivity contribution is 5.69. The van der Waals surface area contributed by atoms with Crippen LogP contribution in [-0.4, -0.2) is 28.8 Å². The van der Waals surface area contributed by atoms with Gasteiger partial charge in [-0.15, -0.1) is 0 Å². The number of nitrogens with one attached hydrogen (secondary N) is 1. The molecule has 1 amide bonds. The maximum atomic E-state index is 11.7. The van der Waals surface area contributed by atoms with Gasteiger partial charge in [0.25, 0.3) is 0 Å². The number of hydrogen-bond acceptors (Lipinski definition) is 3. The van der Waals surface area contributed by atoms with Crippen molar-refractivity contribution in [3.63, 3.8) is 0 Å². The molecule has 0 aliphatic rings. The standard InChI is InChI=1S/C13H25NO4/c1-6-9(2)10(7-8-11(15)16)14-12(17)18-13(3,4)5/h9-10H,6-8H2,1-5H3,(H,14,17)(H,15,16)/t9-,10+/m0/s1. The summed E-state index contributed by atoms with van der Waals surface area (Å²) in [6.07, 6.45) is 0.854. The summed E-state index contributed by atoms with van der Waals surface area (Å²) >= 11 is 0. The fraction of sp³-hybridized carbons (Fsp3) is 0.846. The molecule has 5 nitrogen and oxygen atoms in total. The molecule has 0 unspecified atom stereocenters. The Labute approximate surface area is 109 Å². The molecule has 0 aromatic rings. The predicted molar refractivity (Wildman–Crippen MR) is 69.5 cm³/mol. The van der Waals surface area contributed by atoms with Gasteiger partial charge in [0.15, 0.2) is 0 Å². The Morgan fingerprint density at radius 2 is 1.89 bits per heavy atom. The summed E-state index contributed by atoms with van der Waals surface area (Å²) in [6.45, 7) is 9.38. The molecule has 0 fully saturated rings. The van der Waals surface area contributed by atoms with Crippen LogP contribution in [0.4, 0.5) is 4.79 Å². The molecule has 0 aliphatic carbocycles. The van der Waals surface area contributed by atoms with Crippen molar-refractivity contribution in [3.05, 3.63) is 0 Å². The molecule has 0 radical (unpaired) electrons. The van der Waals surface area contributed by atoms with Crippen molar-refractivity contribution in [1.29, 1.82) is 0 Å². The number of amides is 1. The number of carboxylic acids is 1. The van der Waals surface area contributed by atoms with E-state index in [2.05, 4.69) is 5.32 Å². The molecule has 2 atom stereocenters. The summed E-state index contributed by atoms with van der Waals surface area (Å²) in [4.78, 5) is 22.2. The molecule has 2 N–H and O–H groups in total. The van der Waals surface area contributed by atoms with Crippen molar-refractivity contribution in [1.82, 2.24) is 5.32 Å². The summed E-state index contributed by atoms with van der Waals surface area (Å²) < 4.78 is 5.17. The minimum atomic E-state index is -0.853. The molecule has 0 bridgehead atoms. The van der Waals surface area contributed by atoms with Gasteiger partial charge >= 0.3 is 12.1 Å². The monoisotopic (exact) mass is 259 g/mol. The molecule has 0 aromatic carbocycles. The number of ether oxygens (including phenoxy) is 1. The molecular weight excluding hydrogens is 234 g/mol. The fourth-order valence-corrected chi connectivity index (χ4v) is 1.52. The lowest BCUT2D eigenvalue weighted by Crippen LogP contribution is -2.42. The highest BCUT2D eigenvalue weighted by atomic mass is 16.6. The molecule has 0 saturated heterocycles. The zero-order chi connectivity index (χ0) is 14.3. The first-order valence-electron chi connectivity index (χ1n) is 6.37. The van der Waals surface area contributed by atoms with Gasteiger partial charge in [-0.3, -0.25) is 4.79 Å². The molecule has 0 spiro atoms. The van der Waals surface area contributed by atoms with Gasteiger partial charge in [-0.1, -0.05) is 20.3 Å². The SMILES string of the molecule is CC[C@H](C)[C@@H](CCC(=O)O)NC(=O)OC(C)(C)C. The van der Waals surface area contributed by atoms with Gasteiger partial charge in [0.05, 0.1) is 0 Å². The molecule has 0 saturated carbocycles. The third-order valence-corrected chi connectivity index (χ3v) is 2.70. The summed E-state index contributed by atoms with van der Waals surface area (Å²) in [7, 11) is 0. The number of carbonyl (C=O) groups is 2. The van der Waals surface area contributed by atoms with Crippen molar-refractivity contribution >= 4 is 12.1 Å². The van der Waals surface area contributed by atoms with E-state index < -0.39 is 17.7 Å². The molecule has 0 rings (SSSR count). The first-order valence-corrected chi connectivity index (χ1v) is 6.37. The molecule has 106 valence electrons.